The molecule has 0 heterocycles. The molecule has 0 spiro atoms. The Morgan fingerprint density at radius 2 is 1.17 bits per heavy atom. The number of nitrogens with one attached hydrogen (secondary N) is 5. The minimum absolute atomic E-state index is 0.0170. The van der Waals surface area contributed by atoms with Crippen molar-refractivity contribution < 1.29 is 53.9 Å². The standard InChI is InChI=1S/C31H57N5O11/c1-15(2)21(35-20(37)14-33-18(7)8)29(44)36-22(16(3)4)28(43)34-19(31(46)47-9)12-10-11-13-32-30(45)27(42)26(41)25(40)24(39)23(38)17(5)6/h15-19,21-22,24-27,33,39-42H,10-14H2,1-9H3,(H,32,45)(H,34,43)(H,35,37)(H,36,44)/t19-,21-,22-,24?,25?,26?,27?/m0/s1. The smallest absolute Gasteiger partial charge is 0.328 e. The van der Waals surface area contributed by atoms with Crippen LogP contribution in [0.25, 0.3) is 0 Å². The molecule has 272 valence electrons. The Labute approximate surface area is 277 Å². The largest absolute Gasteiger partial charge is 0.467 e. The van der Waals surface area contributed by atoms with E-state index in [4.69, 9.17) is 4.74 Å². The summed E-state index contributed by atoms with van der Waals surface area (Å²) in [4.78, 5) is 75.3. The summed E-state index contributed by atoms with van der Waals surface area (Å²) >= 11 is 0. The molecule has 0 aliphatic heterocycles. The Bertz CT molecular complexity index is 1040. The van der Waals surface area contributed by atoms with Crippen molar-refractivity contribution in [3.05, 3.63) is 0 Å². The summed E-state index contributed by atoms with van der Waals surface area (Å²) in [6, 6.07) is -2.98. The number of amides is 4. The van der Waals surface area contributed by atoms with Crippen LogP contribution < -0.4 is 26.6 Å². The monoisotopic (exact) mass is 675 g/mol. The van der Waals surface area contributed by atoms with Gasteiger partial charge in [-0.3, -0.25) is 24.0 Å². The van der Waals surface area contributed by atoms with Gasteiger partial charge >= 0.3 is 5.97 Å². The molecule has 16 nitrogen and oxygen atoms in total. The molecule has 0 aliphatic carbocycles. The SMILES string of the molecule is COC(=O)[C@H](CCCCNC(=O)C(O)C(O)C(O)C(O)C(=O)C(C)C)NC(=O)[C@@H](NC(=O)[C@@H](NC(=O)CNC(C)C)C(C)C)C(C)C. The second-order valence-electron chi connectivity index (χ2n) is 12.9. The van der Waals surface area contributed by atoms with Gasteiger partial charge in [0.15, 0.2) is 11.9 Å². The predicted octanol–water partition coefficient (Wildman–Crippen LogP) is -2.12. The van der Waals surface area contributed by atoms with E-state index in [0.717, 1.165) is 7.11 Å². The fourth-order valence-corrected chi connectivity index (χ4v) is 4.32. The highest BCUT2D eigenvalue weighted by Crippen LogP contribution is 2.12. The van der Waals surface area contributed by atoms with Crippen LogP contribution in [0.3, 0.4) is 0 Å². The van der Waals surface area contributed by atoms with Gasteiger partial charge in [-0.05, 0) is 31.1 Å². The first-order valence-corrected chi connectivity index (χ1v) is 16.0. The van der Waals surface area contributed by atoms with E-state index in [0.29, 0.717) is 0 Å². The molecule has 16 heteroatoms. The van der Waals surface area contributed by atoms with Gasteiger partial charge in [0.1, 0.15) is 36.4 Å². The molecule has 9 N–H and O–H groups in total. The maximum atomic E-state index is 13.2. The normalized spacial score (nSPS) is 16.1. The third-order valence-electron chi connectivity index (χ3n) is 7.33. The molecule has 0 saturated carbocycles. The molecule has 4 amide bonds. The lowest BCUT2D eigenvalue weighted by molar-refractivity contribution is -0.155. The molecule has 0 aliphatic rings. The zero-order valence-electron chi connectivity index (χ0n) is 29.0. The van der Waals surface area contributed by atoms with Crippen LogP contribution in [0.15, 0.2) is 0 Å². The van der Waals surface area contributed by atoms with E-state index in [1.54, 1.807) is 27.7 Å². The number of unbranched alkanes of at least 4 members (excludes halogenated alkanes) is 1. The first kappa shape index (κ1) is 43.8. The van der Waals surface area contributed by atoms with Crippen LogP contribution in [-0.4, -0.2) is 125 Å². The fourth-order valence-electron chi connectivity index (χ4n) is 4.32. The van der Waals surface area contributed by atoms with Crippen molar-refractivity contribution in [2.45, 2.75) is 123 Å². The highest BCUT2D eigenvalue weighted by atomic mass is 16.5. The van der Waals surface area contributed by atoms with E-state index < -0.39 is 77.9 Å². The molecule has 0 aromatic rings. The number of carbonyl (C=O) groups is 6. The maximum Gasteiger partial charge on any atom is 0.328 e. The van der Waals surface area contributed by atoms with Gasteiger partial charge in [0, 0.05) is 18.5 Å². The second-order valence-corrected chi connectivity index (χ2v) is 12.9. The number of carbonyl (C=O) groups excluding carboxylic acids is 6. The second kappa shape index (κ2) is 21.6. The van der Waals surface area contributed by atoms with Crippen LogP contribution in [-0.2, 0) is 33.5 Å². The Balaban J connectivity index is 5.19. The Morgan fingerprint density at radius 3 is 1.66 bits per heavy atom. The first-order chi connectivity index (χ1) is 21.8. The maximum absolute atomic E-state index is 13.2. The minimum Gasteiger partial charge on any atom is -0.467 e. The number of aliphatic hydroxyl groups excluding tert-OH is 4. The van der Waals surface area contributed by atoms with Crippen molar-refractivity contribution in [1.29, 1.82) is 0 Å². The van der Waals surface area contributed by atoms with E-state index in [1.807, 2.05) is 13.8 Å². The number of ketones is 1. The van der Waals surface area contributed by atoms with Crippen LogP contribution >= 0.6 is 0 Å². The third-order valence-corrected chi connectivity index (χ3v) is 7.33. The molecule has 7 atom stereocenters. The van der Waals surface area contributed by atoms with Crippen molar-refractivity contribution in [3.8, 4) is 0 Å². The molecule has 0 aromatic heterocycles. The van der Waals surface area contributed by atoms with E-state index in [9.17, 15) is 49.2 Å². The average molecular weight is 676 g/mol. The summed E-state index contributed by atoms with van der Waals surface area (Å²) < 4.78 is 4.82. The van der Waals surface area contributed by atoms with Gasteiger partial charge in [-0.25, -0.2) is 4.79 Å². The van der Waals surface area contributed by atoms with Gasteiger partial charge < -0.3 is 51.7 Å². The third kappa shape index (κ3) is 15.5. The highest BCUT2D eigenvalue weighted by Gasteiger charge is 2.38. The van der Waals surface area contributed by atoms with E-state index >= 15 is 0 Å². The number of Topliss-reactive ketones (excluding diaryl/α,β-unsaturated/α-hetero) is 1. The molecule has 0 saturated heterocycles. The van der Waals surface area contributed by atoms with Crippen LogP contribution in [0.2, 0.25) is 0 Å². The molecule has 0 bridgehead atoms. The molecule has 0 aromatic carbocycles. The van der Waals surface area contributed by atoms with Gasteiger partial charge in [0.2, 0.25) is 17.7 Å². The molecule has 47 heavy (non-hydrogen) atoms. The van der Waals surface area contributed by atoms with Crippen molar-refractivity contribution in [3.63, 3.8) is 0 Å². The lowest BCUT2D eigenvalue weighted by Gasteiger charge is -2.28. The van der Waals surface area contributed by atoms with Crippen molar-refractivity contribution in [2.24, 2.45) is 17.8 Å². The van der Waals surface area contributed by atoms with E-state index in [-0.39, 0.29) is 56.1 Å². The minimum atomic E-state index is -2.13. The van der Waals surface area contributed by atoms with Gasteiger partial charge in [-0.1, -0.05) is 55.4 Å². The molecule has 0 rings (SSSR count). The summed E-state index contributed by atoms with van der Waals surface area (Å²) in [5.41, 5.74) is 0. The number of ether oxygens (including phenoxy) is 1. The number of esters is 1. The summed E-state index contributed by atoms with van der Waals surface area (Å²) in [6.07, 6.45) is -7.70. The molecule has 0 fully saturated rings. The summed E-state index contributed by atoms with van der Waals surface area (Å²) in [7, 11) is 1.15. The summed E-state index contributed by atoms with van der Waals surface area (Å²) in [5, 5.41) is 53.4. The topological polar surface area (TPSA) is 253 Å². The first-order valence-electron chi connectivity index (χ1n) is 16.0. The van der Waals surface area contributed by atoms with Crippen LogP contribution in [0, 0.1) is 17.8 Å². The number of rotatable bonds is 22. The number of hydrogen-bond donors (Lipinski definition) is 9. The summed E-state index contributed by atoms with van der Waals surface area (Å²) in [6.45, 7) is 13.6. The van der Waals surface area contributed by atoms with Gasteiger partial charge in [0.05, 0.1) is 13.7 Å². The van der Waals surface area contributed by atoms with Crippen LogP contribution in [0.1, 0.15) is 74.7 Å². The Kier molecular flexibility index (Phi) is 20.2. The zero-order valence-corrected chi connectivity index (χ0v) is 29.0. The van der Waals surface area contributed by atoms with Gasteiger partial charge in [0.25, 0.3) is 5.91 Å². The van der Waals surface area contributed by atoms with E-state index in [2.05, 4.69) is 26.6 Å². The van der Waals surface area contributed by atoms with Crippen molar-refractivity contribution in [1.82, 2.24) is 26.6 Å². The molecular weight excluding hydrogens is 618 g/mol. The number of hydrogen-bond acceptors (Lipinski definition) is 12. The summed E-state index contributed by atoms with van der Waals surface area (Å²) in [5.74, 6) is -5.45. The van der Waals surface area contributed by atoms with E-state index in [1.165, 1.54) is 13.8 Å². The quantitative estimate of drug-likeness (QED) is 0.0441. The Hall–Kier alpha value is -3.18. The van der Waals surface area contributed by atoms with Crippen LogP contribution in [0.4, 0.5) is 0 Å². The predicted molar refractivity (Wildman–Crippen MR) is 171 cm³/mol. The zero-order chi connectivity index (χ0) is 36.6. The fraction of sp³-hybridized carbons (Fsp3) is 0.806. The lowest BCUT2D eigenvalue weighted by Crippen LogP contribution is -2.59. The highest BCUT2D eigenvalue weighted by molar-refractivity contribution is 5.94. The number of aliphatic hydroxyl groups is 4. The van der Waals surface area contributed by atoms with Crippen molar-refractivity contribution in [2.75, 3.05) is 20.2 Å². The average Bonchev–Trinajstić information content (AvgIpc) is 3.01. The van der Waals surface area contributed by atoms with Crippen molar-refractivity contribution >= 4 is 35.4 Å². The molecule has 0 radical (unpaired) electrons. The van der Waals surface area contributed by atoms with Crippen LogP contribution in [0.5, 0.6) is 0 Å². The molecule has 4 unspecified atom stereocenters. The lowest BCUT2D eigenvalue weighted by atomic mass is 9.94. The number of methoxy groups -OCH3 is 1. The molecular formula is C31H57N5O11. The van der Waals surface area contributed by atoms with Gasteiger partial charge in [-0.15, -0.1) is 0 Å². The Morgan fingerprint density at radius 1 is 0.660 bits per heavy atom. The van der Waals surface area contributed by atoms with Gasteiger partial charge in [-0.2, -0.15) is 0 Å².